The summed E-state index contributed by atoms with van der Waals surface area (Å²) in [5.41, 5.74) is 2.32. The Bertz CT molecular complexity index is 2110. The van der Waals surface area contributed by atoms with Crippen molar-refractivity contribution in [2.75, 3.05) is 11.1 Å². The number of aromatic nitrogens is 3. The second-order valence-electron chi connectivity index (χ2n) is 13.6. The lowest BCUT2D eigenvalue weighted by Crippen LogP contribution is -2.54. The molecule has 15 heteroatoms. The highest BCUT2D eigenvalue weighted by Gasteiger charge is 2.45. The van der Waals surface area contributed by atoms with E-state index in [2.05, 4.69) is 27.5 Å². The van der Waals surface area contributed by atoms with Crippen LogP contribution in [0.4, 0.5) is 5.69 Å². The molecule has 278 valence electrons. The van der Waals surface area contributed by atoms with E-state index in [9.17, 15) is 24.0 Å². The number of thiol groups is 2. The lowest BCUT2D eigenvalue weighted by atomic mass is 9.75. The molecule has 4 amide bonds. The fourth-order valence-electron chi connectivity index (χ4n) is 7.13. The quantitative estimate of drug-likeness (QED) is 0.0801. The first-order valence-corrected chi connectivity index (χ1v) is 18.8. The van der Waals surface area contributed by atoms with Gasteiger partial charge in [0.05, 0.1) is 40.8 Å². The molecular formula is C39H38N6O7S2. The molecule has 2 aromatic heterocycles. The molecule has 2 fully saturated rings. The van der Waals surface area contributed by atoms with E-state index in [4.69, 9.17) is 39.7 Å². The lowest BCUT2D eigenvalue weighted by Gasteiger charge is -2.38. The number of nitrogens with zero attached hydrogens (tertiary/aromatic N) is 4. The number of imide groups is 2. The molecule has 1 aliphatic carbocycles. The SMILES string of the molecule is CCC(S)C(CS)(c1ccc(Oc2cnc(C(C)=O)nc2)cc1)c1ccc(OC2CC(Nc3ccc4c(c3)C(=O)N(C3CCC(=O)NC3=O)C4=O)C2)cn1. The first-order valence-electron chi connectivity index (χ1n) is 17.7. The highest BCUT2D eigenvalue weighted by Crippen LogP contribution is 2.41. The van der Waals surface area contributed by atoms with Crippen molar-refractivity contribution in [1.82, 2.24) is 25.2 Å². The number of hydrogen-bond acceptors (Lipinski definition) is 13. The van der Waals surface area contributed by atoms with Crippen molar-refractivity contribution in [2.24, 2.45) is 0 Å². The van der Waals surface area contributed by atoms with E-state index in [1.54, 1.807) is 24.4 Å². The maximum absolute atomic E-state index is 13.2. The zero-order chi connectivity index (χ0) is 38.1. The van der Waals surface area contributed by atoms with Crippen LogP contribution in [-0.4, -0.2) is 78.5 Å². The molecule has 13 nitrogen and oxygen atoms in total. The minimum atomic E-state index is -1.01. The van der Waals surface area contributed by atoms with Gasteiger partial charge in [0.2, 0.25) is 11.8 Å². The number of hydrogen-bond donors (Lipinski definition) is 4. The minimum absolute atomic E-state index is 0.0460. The zero-order valence-electron chi connectivity index (χ0n) is 29.5. The summed E-state index contributed by atoms with van der Waals surface area (Å²) in [4.78, 5) is 75.6. The van der Waals surface area contributed by atoms with Crippen molar-refractivity contribution in [3.8, 4) is 17.2 Å². The van der Waals surface area contributed by atoms with Crippen molar-refractivity contribution in [3.05, 3.63) is 101 Å². The Balaban J connectivity index is 0.969. The number of benzene rings is 2. The summed E-state index contributed by atoms with van der Waals surface area (Å²) in [6, 6.07) is 15.6. The standard InChI is InChI=1S/C39H38N6O7S2/c1-3-33(54)39(20-53,22-4-7-25(8-5-22)51-28-18-41-35(21(2)46)42-19-28)32-12-9-26(17-40-32)52-27-14-24(15-27)43-23-6-10-29-30(16-23)38(50)45(37(29)49)31-11-13-34(47)44-36(31)48/h4-10,12,16-19,24,27,31,33,43,53-54H,3,11,13-15,20H2,1-2H3,(H,44,47,48). The summed E-state index contributed by atoms with van der Waals surface area (Å²) in [6.45, 7) is 3.48. The minimum Gasteiger partial charge on any atom is -0.489 e. The van der Waals surface area contributed by atoms with Crippen LogP contribution < -0.4 is 20.1 Å². The van der Waals surface area contributed by atoms with E-state index in [-0.39, 0.29) is 53.0 Å². The molecule has 3 aliphatic rings. The fourth-order valence-corrected chi connectivity index (χ4v) is 8.21. The summed E-state index contributed by atoms with van der Waals surface area (Å²) in [5.74, 6) is -0.131. The van der Waals surface area contributed by atoms with Gasteiger partial charge in [0.1, 0.15) is 23.6 Å². The van der Waals surface area contributed by atoms with Crippen LogP contribution in [0.25, 0.3) is 0 Å². The van der Waals surface area contributed by atoms with Crippen LogP contribution in [0, 0.1) is 0 Å². The molecule has 4 heterocycles. The average molecular weight is 767 g/mol. The van der Waals surface area contributed by atoms with Crippen LogP contribution in [-0.2, 0) is 15.0 Å². The van der Waals surface area contributed by atoms with Crippen LogP contribution in [0.1, 0.15) is 88.5 Å². The van der Waals surface area contributed by atoms with E-state index in [1.807, 2.05) is 36.4 Å². The van der Waals surface area contributed by atoms with Crippen molar-refractivity contribution in [1.29, 1.82) is 0 Å². The third-order valence-corrected chi connectivity index (χ3v) is 11.5. The van der Waals surface area contributed by atoms with E-state index in [1.165, 1.54) is 19.3 Å². The molecule has 3 atom stereocenters. The number of nitrogens with one attached hydrogen (secondary N) is 2. The van der Waals surface area contributed by atoms with Crippen LogP contribution in [0.15, 0.2) is 73.2 Å². The second-order valence-corrected chi connectivity index (χ2v) is 14.6. The van der Waals surface area contributed by atoms with Crippen molar-refractivity contribution >= 4 is 60.4 Å². The topological polar surface area (TPSA) is 170 Å². The van der Waals surface area contributed by atoms with Gasteiger partial charge in [-0.2, -0.15) is 25.3 Å². The van der Waals surface area contributed by atoms with Gasteiger partial charge in [-0.3, -0.25) is 39.2 Å². The number of rotatable bonds is 13. The third-order valence-electron chi connectivity index (χ3n) is 10.2. The number of Topliss-reactive ketones (excluding diaryl/α,β-unsaturated/α-hetero) is 1. The molecule has 1 saturated carbocycles. The number of amides is 4. The van der Waals surface area contributed by atoms with Gasteiger partial charge in [-0.25, -0.2) is 9.97 Å². The summed E-state index contributed by atoms with van der Waals surface area (Å²) in [6.07, 6.45) is 6.98. The van der Waals surface area contributed by atoms with Crippen molar-refractivity contribution in [3.63, 3.8) is 0 Å². The Hall–Kier alpha value is -5.28. The van der Waals surface area contributed by atoms with Gasteiger partial charge in [0.15, 0.2) is 17.4 Å². The molecule has 0 bridgehead atoms. The van der Waals surface area contributed by atoms with Crippen molar-refractivity contribution in [2.45, 2.75) is 74.8 Å². The van der Waals surface area contributed by atoms with Gasteiger partial charge < -0.3 is 14.8 Å². The Morgan fingerprint density at radius 3 is 2.26 bits per heavy atom. The van der Waals surface area contributed by atoms with Gasteiger partial charge in [-0.1, -0.05) is 19.1 Å². The van der Waals surface area contributed by atoms with Crippen LogP contribution in [0.2, 0.25) is 0 Å². The largest absolute Gasteiger partial charge is 0.489 e. The molecule has 54 heavy (non-hydrogen) atoms. The molecule has 0 spiro atoms. The summed E-state index contributed by atoms with van der Waals surface area (Å²) < 4.78 is 12.2. The third kappa shape index (κ3) is 7.05. The lowest BCUT2D eigenvalue weighted by molar-refractivity contribution is -0.136. The van der Waals surface area contributed by atoms with E-state index < -0.39 is 35.1 Å². The Morgan fingerprint density at radius 2 is 1.63 bits per heavy atom. The molecular weight excluding hydrogens is 729 g/mol. The monoisotopic (exact) mass is 766 g/mol. The van der Waals surface area contributed by atoms with Crippen LogP contribution in [0.5, 0.6) is 17.2 Å². The molecule has 0 radical (unpaired) electrons. The molecule has 4 aromatic rings. The number of ether oxygens (including phenoxy) is 2. The number of carbonyl (C=O) groups excluding carboxylic acids is 5. The van der Waals surface area contributed by atoms with Gasteiger partial charge in [0, 0.05) is 48.9 Å². The van der Waals surface area contributed by atoms with Crippen LogP contribution >= 0.6 is 25.3 Å². The molecule has 2 aliphatic heterocycles. The highest BCUT2D eigenvalue weighted by molar-refractivity contribution is 7.81. The van der Waals surface area contributed by atoms with Gasteiger partial charge in [-0.15, -0.1) is 0 Å². The van der Waals surface area contributed by atoms with E-state index in [0.29, 0.717) is 41.5 Å². The predicted octanol–water partition coefficient (Wildman–Crippen LogP) is 5.21. The Labute approximate surface area is 322 Å². The van der Waals surface area contributed by atoms with Gasteiger partial charge >= 0.3 is 0 Å². The van der Waals surface area contributed by atoms with Gasteiger partial charge in [0.25, 0.3) is 11.8 Å². The smallest absolute Gasteiger partial charge is 0.262 e. The Morgan fingerprint density at radius 1 is 0.944 bits per heavy atom. The first-order chi connectivity index (χ1) is 26.0. The summed E-state index contributed by atoms with van der Waals surface area (Å²) >= 11 is 9.81. The number of pyridine rings is 1. The average Bonchev–Trinajstić information content (AvgIpc) is 3.40. The number of anilines is 1. The molecule has 2 aromatic carbocycles. The number of ketones is 1. The molecule has 2 N–H and O–H groups in total. The molecule has 3 unspecified atom stereocenters. The highest BCUT2D eigenvalue weighted by atomic mass is 32.1. The maximum atomic E-state index is 13.2. The zero-order valence-corrected chi connectivity index (χ0v) is 31.3. The second kappa shape index (κ2) is 15.2. The fraction of sp³-hybridized carbons (Fsp3) is 0.333. The van der Waals surface area contributed by atoms with Gasteiger partial charge in [-0.05, 0) is 60.9 Å². The summed E-state index contributed by atoms with van der Waals surface area (Å²) in [5, 5.41) is 5.54. The number of fused-ring (bicyclic) bond motifs is 1. The summed E-state index contributed by atoms with van der Waals surface area (Å²) in [7, 11) is 0. The van der Waals surface area contributed by atoms with Crippen molar-refractivity contribution < 1.29 is 33.4 Å². The Kier molecular flexibility index (Phi) is 10.4. The molecule has 7 rings (SSSR count). The normalized spacial score (nSPS) is 21.0. The predicted molar refractivity (Wildman–Crippen MR) is 205 cm³/mol. The first kappa shape index (κ1) is 37.1. The van der Waals surface area contributed by atoms with E-state index in [0.717, 1.165) is 22.6 Å². The van der Waals surface area contributed by atoms with Crippen LogP contribution in [0.3, 0.4) is 0 Å². The number of carbonyl (C=O) groups is 5. The van der Waals surface area contributed by atoms with E-state index >= 15 is 0 Å². The molecule has 1 saturated heterocycles. The maximum Gasteiger partial charge on any atom is 0.262 e. The number of piperidine rings is 1.